The third-order valence-electron chi connectivity index (χ3n) is 3.81. The molecule has 0 aliphatic carbocycles. The first-order chi connectivity index (χ1) is 10.0. The molecule has 0 unspecified atom stereocenters. The Morgan fingerprint density at radius 2 is 2.14 bits per heavy atom. The number of fused-ring (bicyclic) bond motifs is 1. The second-order valence-electron chi connectivity index (χ2n) is 5.93. The molecule has 1 aromatic carbocycles. The van der Waals surface area contributed by atoms with Crippen LogP contribution in [0.5, 0.6) is 0 Å². The van der Waals surface area contributed by atoms with Gasteiger partial charge >= 0.3 is 0 Å². The summed E-state index contributed by atoms with van der Waals surface area (Å²) >= 11 is 0. The number of aromatic nitrogens is 2. The van der Waals surface area contributed by atoms with Crippen LogP contribution in [0.2, 0.25) is 0 Å². The van der Waals surface area contributed by atoms with Gasteiger partial charge in [-0.3, -0.25) is 4.79 Å². The number of hydrogen-bond acceptors (Lipinski definition) is 3. The first-order valence-electron chi connectivity index (χ1n) is 7.71. The molecule has 1 heterocycles. The molecule has 21 heavy (non-hydrogen) atoms. The fourth-order valence-electron chi connectivity index (χ4n) is 2.53. The zero-order valence-electron chi connectivity index (χ0n) is 13.2. The first-order valence-corrected chi connectivity index (χ1v) is 7.71. The summed E-state index contributed by atoms with van der Waals surface area (Å²) in [7, 11) is 0. The summed E-state index contributed by atoms with van der Waals surface area (Å²) in [5.41, 5.74) is 9.05. The van der Waals surface area contributed by atoms with Gasteiger partial charge in [0, 0.05) is 19.4 Å². The number of Topliss-reactive ketones (excluding diaryl/α,β-unsaturated/α-hetero) is 1. The topological polar surface area (TPSA) is 60.9 Å². The average molecular weight is 287 g/mol. The van der Waals surface area contributed by atoms with Gasteiger partial charge in [0.2, 0.25) is 0 Å². The second kappa shape index (κ2) is 6.85. The normalized spacial score (nSPS) is 11.5. The molecule has 2 rings (SSSR count). The van der Waals surface area contributed by atoms with Crippen LogP contribution in [0.15, 0.2) is 18.2 Å². The van der Waals surface area contributed by atoms with Crippen LogP contribution in [-0.2, 0) is 17.8 Å². The molecule has 0 aliphatic heterocycles. The van der Waals surface area contributed by atoms with E-state index in [9.17, 15) is 4.79 Å². The number of nitrogens with zero attached hydrogens (tertiary/aromatic N) is 2. The zero-order chi connectivity index (χ0) is 15.4. The minimum Gasteiger partial charge on any atom is -0.330 e. The maximum atomic E-state index is 11.3. The highest BCUT2D eigenvalue weighted by atomic mass is 16.1. The molecule has 0 fully saturated rings. The molecular formula is C17H25N3O. The van der Waals surface area contributed by atoms with E-state index in [1.54, 1.807) is 6.92 Å². The molecule has 0 bridgehead atoms. The molecule has 0 atom stereocenters. The monoisotopic (exact) mass is 287 g/mol. The summed E-state index contributed by atoms with van der Waals surface area (Å²) in [6, 6.07) is 6.45. The van der Waals surface area contributed by atoms with Gasteiger partial charge in [-0.1, -0.05) is 19.9 Å². The first kappa shape index (κ1) is 15.7. The van der Waals surface area contributed by atoms with Crippen molar-refractivity contribution in [3.8, 4) is 0 Å². The lowest BCUT2D eigenvalue weighted by atomic mass is 10.0. The fourth-order valence-corrected chi connectivity index (χ4v) is 2.53. The molecule has 0 saturated heterocycles. The van der Waals surface area contributed by atoms with Crippen molar-refractivity contribution < 1.29 is 4.79 Å². The van der Waals surface area contributed by atoms with Gasteiger partial charge in [-0.05, 0) is 43.5 Å². The van der Waals surface area contributed by atoms with E-state index in [-0.39, 0.29) is 5.78 Å². The van der Waals surface area contributed by atoms with Crippen LogP contribution >= 0.6 is 0 Å². The third kappa shape index (κ3) is 3.70. The Hall–Kier alpha value is -1.68. The predicted molar refractivity (Wildman–Crippen MR) is 86.5 cm³/mol. The van der Waals surface area contributed by atoms with Crippen molar-refractivity contribution >= 4 is 16.8 Å². The van der Waals surface area contributed by atoms with Crippen LogP contribution < -0.4 is 5.73 Å². The standard InChI is InChI=1S/C17H25N3O/c1-12(2)14-6-7-16-15(11-14)19-17(5-4-9-18)20(16)10-8-13(3)21/h6-7,11-12H,4-5,8-10,18H2,1-3H3. The third-order valence-corrected chi connectivity index (χ3v) is 3.81. The van der Waals surface area contributed by atoms with E-state index < -0.39 is 0 Å². The van der Waals surface area contributed by atoms with E-state index in [4.69, 9.17) is 10.7 Å². The average Bonchev–Trinajstić information content (AvgIpc) is 2.79. The summed E-state index contributed by atoms with van der Waals surface area (Å²) in [6.45, 7) is 7.36. The summed E-state index contributed by atoms with van der Waals surface area (Å²) < 4.78 is 2.18. The van der Waals surface area contributed by atoms with Gasteiger partial charge in [-0.2, -0.15) is 0 Å². The molecule has 0 saturated carbocycles. The van der Waals surface area contributed by atoms with Crippen molar-refractivity contribution in [1.82, 2.24) is 9.55 Å². The maximum Gasteiger partial charge on any atom is 0.131 e. The zero-order valence-corrected chi connectivity index (χ0v) is 13.2. The number of hydrogen-bond donors (Lipinski definition) is 1. The van der Waals surface area contributed by atoms with Crippen molar-refractivity contribution in [2.24, 2.45) is 5.73 Å². The number of nitrogens with two attached hydrogens (primary N) is 1. The molecule has 2 aromatic rings. The second-order valence-corrected chi connectivity index (χ2v) is 5.93. The van der Waals surface area contributed by atoms with Crippen LogP contribution in [0, 0.1) is 0 Å². The number of aryl methyl sites for hydroxylation is 2. The molecule has 114 valence electrons. The minimum atomic E-state index is 0.209. The SMILES string of the molecule is CC(=O)CCn1c(CCCN)nc2cc(C(C)C)ccc21. The van der Waals surface area contributed by atoms with Crippen molar-refractivity contribution in [1.29, 1.82) is 0 Å². The lowest BCUT2D eigenvalue weighted by Crippen LogP contribution is -2.09. The van der Waals surface area contributed by atoms with E-state index in [1.165, 1.54) is 5.56 Å². The smallest absolute Gasteiger partial charge is 0.131 e. The molecule has 0 spiro atoms. The van der Waals surface area contributed by atoms with Crippen molar-refractivity contribution in [3.05, 3.63) is 29.6 Å². The van der Waals surface area contributed by atoms with Gasteiger partial charge in [0.25, 0.3) is 0 Å². The van der Waals surface area contributed by atoms with Crippen LogP contribution in [-0.4, -0.2) is 21.9 Å². The summed E-state index contributed by atoms with van der Waals surface area (Å²) in [5.74, 6) is 1.74. The highest BCUT2D eigenvalue weighted by molar-refractivity contribution is 5.78. The van der Waals surface area contributed by atoms with Crippen molar-refractivity contribution in [2.45, 2.75) is 52.5 Å². The molecule has 4 nitrogen and oxygen atoms in total. The Kier molecular flexibility index (Phi) is 5.12. The van der Waals surface area contributed by atoms with Gasteiger partial charge in [-0.15, -0.1) is 0 Å². The Balaban J connectivity index is 2.41. The number of rotatable bonds is 7. The molecule has 2 N–H and O–H groups in total. The lowest BCUT2D eigenvalue weighted by Gasteiger charge is -2.08. The minimum absolute atomic E-state index is 0.209. The highest BCUT2D eigenvalue weighted by Gasteiger charge is 2.12. The Bertz CT molecular complexity index is 628. The molecule has 0 amide bonds. The van der Waals surface area contributed by atoms with E-state index in [1.807, 2.05) is 0 Å². The van der Waals surface area contributed by atoms with E-state index in [0.29, 0.717) is 25.4 Å². The molecule has 0 aliphatic rings. The van der Waals surface area contributed by atoms with E-state index >= 15 is 0 Å². The van der Waals surface area contributed by atoms with Gasteiger partial charge in [0.1, 0.15) is 11.6 Å². The number of benzene rings is 1. The molecule has 1 aromatic heterocycles. The number of ketones is 1. The Morgan fingerprint density at radius 3 is 2.76 bits per heavy atom. The number of imidazole rings is 1. The Labute approximate surface area is 126 Å². The highest BCUT2D eigenvalue weighted by Crippen LogP contribution is 2.23. The van der Waals surface area contributed by atoms with Crippen LogP contribution in [0.4, 0.5) is 0 Å². The number of carbonyl (C=O) groups excluding carboxylic acids is 1. The van der Waals surface area contributed by atoms with Crippen LogP contribution in [0.3, 0.4) is 0 Å². The largest absolute Gasteiger partial charge is 0.330 e. The molecule has 0 radical (unpaired) electrons. The summed E-state index contributed by atoms with van der Waals surface area (Å²) in [6.07, 6.45) is 2.33. The van der Waals surface area contributed by atoms with Gasteiger partial charge in [-0.25, -0.2) is 4.98 Å². The van der Waals surface area contributed by atoms with Gasteiger partial charge < -0.3 is 10.3 Å². The summed E-state index contributed by atoms with van der Waals surface area (Å²) in [4.78, 5) is 16.1. The predicted octanol–water partition coefficient (Wildman–Crippen LogP) is 3.03. The maximum absolute atomic E-state index is 11.3. The number of carbonyl (C=O) groups is 1. The Morgan fingerprint density at radius 1 is 1.38 bits per heavy atom. The van der Waals surface area contributed by atoms with Gasteiger partial charge in [0.05, 0.1) is 11.0 Å². The van der Waals surface area contributed by atoms with Crippen LogP contribution in [0.1, 0.15) is 50.9 Å². The molecule has 4 heteroatoms. The van der Waals surface area contributed by atoms with E-state index in [0.717, 1.165) is 29.7 Å². The quantitative estimate of drug-likeness (QED) is 0.851. The fraction of sp³-hybridized carbons (Fsp3) is 0.529. The van der Waals surface area contributed by atoms with Crippen molar-refractivity contribution in [2.75, 3.05) is 6.54 Å². The van der Waals surface area contributed by atoms with E-state index in [2.05, 4.69) is 36.6 Å². The molecular weight excluding hydrogens is 262 g/mol. The van der Waals surface area contributed by atoms with Crippen LogP contribution in [0.25, 0.3) is 11.0 Å². The van der Waals surface area contributed by atoms with Gasteiger partial charge in [0.15, 0.2) is 0 Å². The lowest BCUT2D eigenvalue weighted by molar-refractivity contribution is -0.117. The van der Waals surface area contributed by atoms with Crippen molar-refractivity contribution in [3.63, 3.8) is 0 Å². The summed E-state index contributed by atoms with van der Waals surface area (Å²) in [5, 5.41) is 0.